The number of halogens is 2. The zero-order valence-corrected chi connectivity index (χ0v) is 12.7. The Balaban J connectivity index is 2.33. The van der Waals surface area contributed by atoms with E-state index in [1.165, 1.54) is 19.1 Å². The van der Waals surface area contributed by atoms with E-state index in [0.717, 1.165) is 0 Å². The summed E-state index contributed by atoms with van der Waals surface area (Å²) in [6, 6.07) is 13.7. The second-order valence-electron chi connectivity index (χ2n) is 4.83. The van der Waals surface area contributed by atoms with Crippen LogP contribution in [0.5, 0.6) is 0 Å². The van der Waals surface area contributed by atoms with Crippen molar-refractivity contribution >= 4 is 23.3 Å². The maximum atomic E-state index is 14.7. The van der Waals surface area contributed by atoms with Crippen molar-refractivity contribution in [2.24, 2.45) is 0 Å². The van der Waals surface area contributed by atoms with Crippen LogP contribution in [0.3, 0.4) is 0 Å². The summed E-state index contributed by atoms with van der Waals surface area (Å²) in [6.07, 6.45) is -1.92. The van der Waals surface area contributed by atoms with E-state index in [1.54, 1.807) is 42.5 Å². The summed E-state index contributed by atoms with van der Waals surface area (Å²) in [5, 5.41) is 2.67. The van der Waals surface area contributed by atoms with E-state index in [2.05, 4.69) is 5.32 Å². The Kier molecular flexibility index (Phi) is 5.28. The quantitative estimate of drug-likeness (QED) is 0.853. The van der Waals surface area contributed by atoms with Gasteiger partial charge in [0.15, 0.2) is 6.17 Å². The lowest BCUT2D eigenvalue weighted by Gasteiger charge is -2.22. The summed E-state index contributed by atoms with van der Waals surface area (Å²) in [6.45, 7) is 1.28. The molecule has 2 rings (SSSR count). The first-order chi connectivity index (χ1) is 10.5. The van der Waals surface area contributed by atoms with E-state index in [9.17, 15) is 14.0 Å². The first kappa shape index (κ1) is 16.2. The van der Waals surface area contributed by atoms with Crippen LogP contribution in [0, 0.1) is 0 Å². The predicted molar refractivity (Wildman–Crippen MR) is 83.7 cm³/mol. The van der Waals surface area contributed by atoms with E-state index in [0.29, 0.717) is 5.56 Å². The molecule has 3 nitrogen and oxygen atoms in total. The maximum Gasteiger partial charge on any atom is 0.217 e. The Morgan fingerprint density at radius 2 is 1.64 bits per heavy atom. The second kappa shape index (κ2) is 7.18. The van der Waals surface area contributed by atoms with Gasteiger partial charge in [0.05, 0.1) is 11.1 Å². The van der Waals surface area contributed by atoms with Crippen molar-refractivity contribution in [3.05, 3.63) is 70.7 Å². The molecule has 0 bridgehead atoms. The first-order valence-electron chi connectivity index (χ1n) is 6.75. The van der Waals surface area contributed by atoms with Crippen molar-refractivity contribution in [3.8, 4) is 0 Å². The van der Waals surface area contributed by atoms with Gasteiger partial charge in [-0.2, -0.15) is 0 Å². The van der Waals surface area contributed by atoms with Crippen LogP contribution in [0.2, 0.25) is 5.02 Å². The molecule has 1 amide bonds. The summed E-state index contributed by atoms with van der Waals surface area (Å²) in [5.74, 6) is -1.17. The van der Waals surface area contributed by atoms with Crippen LogP contribution in [-0.2, 0) is 4.79 Å². The molecule has 0 spiro atoms. The van der Waals surface area contributed by atoms with Gasteiger partial charge in [0.1, 0.15) is 0 Å². The van der Waals surface area contributed by atoms with Gasteiger partial charge in [-0.25, -0.2) is 4.39 Å². The summed E-state index contributed by atoms with van der Waals surface area (Å²) in [7, 11) is 0. The fraction of sp³-hybridized carbons (Fsp3) is 0.176. The molecule has 0 aromatic heterocycles. The molecule has 2 aromatic rings. The highest BCUT2D eigenvalue weighted by molar-refractivity contribution is 6.34. The minimum atomic E-state index is -1.92. The fourth-order valence-electron chi connectivity index (χ4n) is 2.17. The maximum absolute atomic E-state index is 14.7. The minimum absolute atomic E-state index is 0.1000. The number of amides is 1. The molecule has 2 aromatic carbocycles. The monoisotopic (exact) mass is 319 g/mol. The number of benzene rings is 2. The molecule has 2 atom stereocenters. The van der Waals surface area contributed by atoms with Crippen molar-refractivity contribution in [2.45, 2.75) is 19.1 Å². The highest BCUT2D eigenvalue weighted by Crippen LogP contribution is 2.25. The molecule has 114 valence electrons. The molecule has 0 fully saturated rings. The summed E-state index contributed by atoms with van der Waals surface area (Å²) < 4.78 is 14.7. The molecule has 0 radical (unpaired) electrons. The van der Waals surface area contributed by atoms with E-state index in [-0.39, 0.29) is 10.6 Å². The van der Waals surface area contributed by atoms with E-state index < -0.39 is 23.9 Å². The van der Waals surface area contributed by atoms with Crippen molar-refractivity contribution < 1.29 is 14.0 Å². The largest absolute Gasteiger partial charge is 0.346 e. The van der Waals surface area contributed by atoms with Crippen molar-refractivity contribution in [3.63, 3.8) is 0 Å². The Morgan fingerprint density at radius 3 is 2.23 bits per heavy atom. The fourth-order valence-corrected chi connectivity index (χ4v) is 2.39. The number of hydrogen-bond acceptors (Lipinski definition) is 2. The molecule has 0 aliphatic heterocycles. The lowest BCUT2D eigenvalue weighted by atomic mass is 9.96. The summed E-state index contributed by atoms with van der Waals surface area (Å²) in [4.78, 5) is 23.7. The van der Waals surface area contributed by atoms with Crippen LogP contribution >= 0.6 is 11.6 Å². The topological polar surface area (TPSA) is 46.2 Å². The Hall–Kier alpha value is -2.20. The van der Waals surface area contributed by atoms with Gasteiger partial charge in [-0.1, -0.05) is 54.1 Å². The number of rotatable bonds is 5. The molecule has 2 unspecified atom stereocenters. The smallest absolute Gasteiger partial charge is 0.217 e. The van der Waals surface area contributed by atoms with E-state index >= 15 is 0 Å². The third-order valence-electron chi connectivity index (χ3n) is 3.20. The number of carbonyl (C=O) groups excluding carboxylic acids is 2. The van der Waals surface area contributed by atoms with Gasteiger partial charge in [0.2, 0.25) is 11.7 Å². The molecule has 22 heavy (non-hydrogen) atoms. The second-order valence-corrected chi connectivity index (χ2v) is 5.24. The number of nitrogens with one attached hydrogen (secondary N) is 1. The lowest BCUT2D eigenvalue weighted by Crippen LogP contribution is -2.37. The Morgan fingerprint density at radius 1 is 1.05 bits per heavy atom. The van der Waals surface area contributed by atoms with Crippen LogP contribution in [0.25, 0.3) is 0 Å². The molecule has 0 aliphatic rings. The standard InChI is InChI=1S/C17H15ClFNO2/c1-11(21)20-16(12-7-3-2-4-8-12)15(19)17(22)13-9-5-6-10-14(13)18/h2-10,15-16H,1H3,(H,20,21). The highest BCUT2D eigenvalue weighted by Gasteiger charge is 2.31. The number of ketones is 1. The van der Waals surface area contributed by atoms with Crippen LogP contribution in [-0.4, -0.2) is 17.9 Å². The number of hydrogen-bond donors (Lipinski definition) is 1. The van der Waals surface area contributed by atoms with Gasteiger partial charge in [0, 0.05) is 12.5 Å². The van der Waals surface area contributed by atoms with Crippen LogP contribution in [0.4, 0.5) is 4.39 Å². The molecule has 0 saturated heterocycles. The molecule has 0 aliphatic carbocycles. The third kappa shape index (κ3) is 3.71. The summed E-state index contributed by atoms with van der Waals surface area (Å²) >= 11 is 5.94. The van der Waals surface area contributed by atoms with Crippen molar-refractivity contribution in [1.82, 2.24) is 5.32 Å². The van der Waals surface area contributed by atoms with E-state index in [4.69, 9.17) is 11.6 Å². The Bertz CT molecular complexity index is 675. The average Bonchev–Trinajstić information content (AvgIpc) is 2.52. The molecular formula is C17H15ClFNO2. The Labute approximate surface area is 133 Å². The van der Waals surface area contributed by atoms with Gasteiger partial charge in [-0.05, 0) is 17.7 Å². The van der Waals surface area contributed by atoms with Crippen molar-refractivity contribution in [2.75, 3.05) is 0 Å². The zero-order valence-electron chi connectivity index (χ0n) is 11.9. The molecule has 1 N–H and O–H groups in total. The van der Waals surface area contributed by atoms with Gasteiger partial charge < -0.3 is 5.32 Å². The zero-order chi connectivity index (χ0) is 16.1. The van der Waals surface area contributed by atoms with Gasteiger partial charge in [-0.3, -0.25) is 9.59 Å². The SMILES string of the molecule is CC(=O)NC(c1ccccc1)C(F)C(=O)c1ccccc1Cl. The van der Waals surface area contributed by atoms with Crippen LogP contribution in [0.15, 0.2) is 54.6 Å². The minimum Gasteiger partial charge on any atom is -0.346 e. The third-order valence-corrected chi connectivity index (χ3v) is 3.53. The summed E-state index contributed by atoms with van der Waals surface area (Å²) in [5.41, 5.74) is 0.619. The highest BCUT2D eigenvalue weighted by atomic mass is 35.5. The van der Waals surface area contributed by atoms with Gasteiger partial charge >= 0.3 is 0 Å². The van der Waals surface area contributed by atoms with Crippen molar-refractivity contribution in [1.29, 1.82) is 0 Å². The number of carbonyl (C=O) groups is 2. The number of Topliss-reactive ketones (excluding diaryl/α,β-unsaturated/α-hetero) is 1. The van der Waals surface area contributed by atoms with E-state index in [1.807, 2.05) is 0 Å². The van der Waals surface area contributed by atoms with Crippen LogP contribution in [0.1, 0.15) is 28.9 Å². The molecular weight excluding hydrogens is 305 g/mol. The molecule has 5 heteroatoms. The molecule has 0 heterocycles. The molecule has 0 saturated carbocycles. The predicted octanol–water partition coefficient (Wildman–Crippen LogP) is 3.74. The average molecular weight is 320 g/mol. The van der Waals surface area contributed by atoms with Gasteiger partial charge in [0.25, 0.3) is 0 Å². The van der Waals surface area contributed by atoms with Gasteiger partial charge in [-0.15, -0.1) is 0 Å². The lowest BCUT2D eigenvalue weighted by molar-refractivity contribution is -0.120. The normalized spacial score (nSPS) is 13.2. The number of alkyl halides is 1. The first-order valence-corrected chi connectivity index (χ1v) is 7.13. The van der Waals surface area contributed by atoms with Crippen LogP contribution < -0.4 is 5.32 Å².